The van der Waals surface area contributed by atoms with Gasteiger partial charge < -0.3 is 10.6 Å². The maximum absolute atomic E-state index is 12.1. The van der Waals surface area contributed by atoms with Crippen molar-refractivity contribution in [2.75, 3.05) is 13.1 Å². The Balaban J connectivity index is 1.76. The Kier molecular flexibility index (Phi) is 3.52. The molecule has 1 aliphatic rings. The Labute approximate surface area is 118 Å². The van der Waals surface area contributed by atoms with Crippen molar-refractivity contribution in [2.24, 2.45) is 0 Å². The summed E-state index contributed by atoms with van der Waals surface area (Å²) in [6.07, 6.45) is 0. The molecule has 1 amide bonds. The van der Waals surface area contributed by atoms with Crippen molar-refractivity contribution in [2.45, 2.75) is 13.5 Å². The van der Waals surface area contributed by atoms with Crippen LogP contribution in [0.2, 0.25) is 0 Å². The van der Waals surface area contributed by atoms with Crippen molar-refractivity contribution in [3.63, 3.8) is 0 Å². The van der Waals surface area contributed by atoms with Gasteiger partial charge in [0.1, 0.15) is 0 Å². The molecular weight excluding hydrogens is 248 g/mol. The molecule has 2 N–H and O–H groups in total. The van der Waals surface area contributed by atoms with E-state index in [0.717, 1.165) is 24.2 Å². The Morgan fingerprint density at radius 2 is 1.90 bits per heavy atom. The lowest BCUT2D eigenvalue weighted by Crippen LogP contribution is -2.37. The lowest BCUT2D eigenvalue weighted by Gasteiger charge is -2.21. The highest BCUT2D eigenvalue weighted by molar-refractivity contribution is 5.94. The SMILES string of the molecule is CC(C(=O)NCc1cccc2ccccc12)=C1CNC1. The molecule has 20 heavy (non-hydrogen) atoms. The van der Waals surface area contributed by atoms with Crippen LogP contribution in [0.3, 0.4) is 0 Å². The van der Waals surface area contributed by atoms with E-state index in [2.05, 4.69) is 34.9 Å². The number of hydrogen-bond acceptors (Lipinski definition) is 2. The highest BCUT2D eigenvalue weighted by Gasteiger charge is 2.15. The summed E-state index contributed by atoms with van der Waals surface area (Å²) in [5.41, 5.74) is 3.21. The molecule has 1 heterocycles. The molecule has 3 nitrogen and oxygen atoms in total. The molecule has 3 rings (SSSR count). The van der Waals surface area contributed by atoms with Gasteiger partial charge >= 0.3 is 0 Å². The molecule has 2 aromatic carbocycles. The molecule has 1 saturated heterocycles. The molecule has 3 heteroatoms. The van der Waals surface area contributed by atoms with Crippen molar-refractivity contribution in [1.82, 2.24) is 10.6 Å². The van der Waals surface area contributed by atoms with Crippen LogP contribution in [0, 0.1) is 0 Å². The van der Waals surface area contributed by atoms with Gasteiger partial charge in [-0.05, 0) is 28.8 Å². The standard InChI is InChI=1S/C17H18N2O/c1-12(15-9-18-10-15)17(20)19-11-14-7-4-6-13-5-2-3-8-16(13)14/h2-8,18H,9-11H2,1H3,(H,19,20). The number of hydrogen-bond donors (Lipinski definition) is 2. The molecule has 0 unspecified atom stereocenters. The van der Waals surface area contributed by atoms with Crippen LogP contribution in [0.1, 0.15) is 12.5 Å². The first-order chi connectivity index (χ1) is 9.75. The molecule has 1 fully saturated rings. The highest BCUT2D eigenvalue weighted by Crippen LogP contribution is 2.18. The summed E-state index contributed by atoms with van der Waals surface area (Å²) < 4.78 is 0. The zero-order valence-corrected chi connectivity index (χ0v) is 11.6. The maximum atomic E-state index is 12.1. The fourth-order valence-corrected chi connectivity index (χ4v) is 2.43. The van der Waals surface area contributed by atoms with E-state index in [1.807, 2.05) is 25.1 Å². The maximum Gasteiger partial charge on any atom is 0.247 e. The van der Waals surface area contributed by atoms with Gasteiger partial charge in [0.05, 0.1) is 0 Å². The van der Waals surface area contributed by atoms with Gasteiger partial charge in [0.2, 0.25) is 5.91 Å². The van der Waals surface area contributed by atoms with E-state index in [0.29, 0.717) is 6.54 Å². The lowest BCUT2D eigenvalue weighted by molar-refractivity contribution is -0.117. The van der Waals surface area contributed by atoms with Crippen LogP contribution in [0.15, 0.2) is 53.6 Å². The third-order valence-corrected chi connectivity index (χ3v) is 3.87. The molecule has 0 aliphatic carbocycles. The number of carbonyl (C=O) groups is 1. The summed E-state index contributed by atoms with van der Waals surface area (Å²) >= 11 is 0. The molecule has 102 valence electrons. The summed E-state index contributed by atoms with van der Waals surface area (Å²) in [6, 6.07) is 14.4. The van der Waals surface area contributed by atoms with Gasteiger partial charge in [-0.25, -0.2) is 0 Å². The first-order valence-electron chi connectivity index (χ1n) is 6.90. The van der Waals surface area contributed by atoms with Crippen molar-refractivity contribution in [3.8, 4) is 0 Å². The van der Waals surface area contributed by atoms with Crippen LogP contribution in [0.5, 0.6) is 0 Å². The van der Waals surface area contributed by atoms with Gasteiger partial charge in [-0.15, -0.1) is 0 Å². The highest BCUT2D eigenvalue weighted by atomic mass is 16.1. The minimum atomic E-state index is 0.0365. The number of amides is 1. The van der Waals surface area contributed by atoms with Crippen LogP contribution in [-0.4, -0.2) is 19.0 Å². The smallest absolute Gasteiger partial charge is 0.247 e. The number of carbonyl (C=O) groups excluding carboxylic acids is 1. The van der Waals surface area contributed by atoms with E-state index >= 15 is 0 Å². The Morgan fingerprint density at radius 1 is 1.15 bits per heavy atom. The van der Waals surface area contributed by atoms with Crippen LogP contribution in [0.25, 0.3) is 10.8 Å². The molecule has 0 radical (unpaired) electrons. The van der Waals surface area contributed by atoms with Gasteiger partial charge in [-0.3, -0.25) is 4.79 Å². The summed E-state index contributed by atoms with van der Waals surface area (Å²) in [6.45, 7) is 4.15. The molecule has 0 aromatic heterocycles. The first-order valence-corrected chi connectivity index (χ1v) is 6.90. The normalized spacial score (nSPS) is 13.9. The van der Waals surface area contributed by atoms with Crippen molar-refractivity contribution in [1.29, 1.82) is 0 Å². The molecule has 0 atom stereocenters. The van der Waals surface area contributed by atoms with E-state index in [1.165, 1.54) is 16.3 Å². The molecular formula is C17H18N2O. The average Bonchev–Trinajstić information content (AvgIpc) is 2.42. The first kappa shape index (κ1) is 12.9. The predicted octanol–water partition coefficient (Wildman–Crippen LogP) is 2.38. The number of rotatable bonds is 3. The topological polar surface area (TPSA) is 41.1 Å². The molecule has 0 saturated carbocycles. The minimum absolute atomic E-state index is 0.0365. The third kappa shape index (κ3) is 2.45. The van der Waals surface area contributed by atoms with Crippen LogP contribution in [-0.2, 0) is 11.3 Å². The van der Waals surface area contributed by atoms with E-state index in [-0.39, 0.29) is 5.91 Å². The van der Waals surface area contributed by atoms with E-state index in [9.17, 15) is 4.79 Å². The lowest BCUT2D eigenvalue weighted by atomic mass is 10.0. The van der Waals surface area contributed by atoms with E-state index < -0.39 is 0 Å². The van der Waals surface area contributed by atoms with Crippen LogP contribution < -0.4 is 10.6 Å². The Bertz CT molecular complexity index is 677. The fraction of sp³-hybridized carbons (Fsp3) is 0.235. The van der Waals surface area contributed by atoms with Crippen molar-refractivity contribution >= 4 is 16.7 Å². The molecule has 0 spiro atoms. The summed E-state index contributed by atoms with van der Waals surface area (Å²) in [7, 11) is 0. The van der Waals surface area contributed by atoms with Gasteiger partial charge in [-0.2, -0.15) is 0 Å². The quantitative estimate of drug-likeness (QED) is 0.837. The fourth-order valence-electron chi connectivity index (χ4n) is 2.43. The predicted molar refractivity (Wildman–Crippen MR) is 81.4 cm³/mol. The minimum Gasteiger partial charge on any atom is -0.348 e. The zero-order valence-electron chi connectivity index (χ0n) is 11.6. The Hall–Kier alpha value is -2.13. The van der Waals surface area contributed by atoms with Gasteiger partial charge in [0.15, 0.2) is 0 Å². The van der Waals surface area contributed by atoms with E-state index in [1.54, 1.807) is 0 Å². The summed E-state index contributed by atoms with van der Waals surface area (Å²) in [4.78, 5) is 12.1. The Morgan fingerprint density at radius 3 is 2.65 bits per heavy atom. The van der Waals surface area contributed by atoms with Crippen molar-refractivity contribution in [3.05, 3.63) is 59.2 Å². The van der Waals surface area contributed by atoms with Gasteiger partial charge in [0, 0.05) is 25.2 Å². The monoisotopic (exact) mass is 266 g/mol. The van der Waals surface area contributed by atoms with Gasteiger partial charge in [-0.1, -0.05) is 42.5 Å². The molecule has 0 bridgehead atoms. The van der Waals surface area contributed by atoms with Gasteiger partial charge in [0.25, 0.3) is 0 Å². The molecule has 2 aromatic rings. The largest absolute Gasteiger partial charge is 0.348 e. The van der Waals surface area contributed by atoms with Crippen molar-refractivity contribution < 1.29 is 4.79 Å². The third-order valence-electron chi connectivity index (χ3n) is 3.87. The summed E-state index contributed by atoms with van der Waals surface area (Å²) in [5.74, 6) is 0.0365. The van der Waals surface area contributed by atoms with Crippen LogP contribution in [0.4, 0.5) is 0 Å². The second kappa shape index (κ2) is 5.47. The average molecular weight is 266 g/mol. The number of fused-ring (bicyclic) bond motifs is 1. The second-order valence-electron chi connectivity index (χ2n) is 5.15. The second-order valence-corrected chi connectivity index (χ2v) is 5.15. The zero-order chi connectivity index (χ0) is 13.9. The summed E-state index contributed by atoms with van der Waals surface area (Å²) in [5, 5.41) is 8.58. The number of benzene rings is 2. The molecule has 1 aliphatic heterocycles. The number of nitrogens with one attached hydrogen (secondary N) is 2. The van der Waals surface area contributed by atoms with E-state index in [4.69, 9.17) is 0 Å². The van der Waals surface area contributed by atoms with Crippen LogP contribution >= 0.6 is 0 Å².